The van der Waals surface area contributed by atoms with Gasteiger partial charge in [0.2, 0.25) is 0 Å². The van der Waals surface area contributed by atoms with Gasteiger partial charge in [0.15, 0.2) is 0 Å². The molecule has 1 amide bonds. The average Bonchev–Trinajstić information content (AvgIpc) is 2.49. The number of alkyl halides is 3. The molecule has 138 valence electrons. The Morgan fingerprint density at radius 1 is 1.36 bits per heavy atom. The molecule has 5 nitrogen and oxygen atoms in total. The van der Waals surface area contributed by atoms with Crippen molar-refractivity contribution in [3.63, 3.8) is 0 Å². The lowest BCUT2D eigenvalue weighted by Gasteiger charge is -2.23. The fraction of sp³-hybridized carbons (Fsp3) is 0.529. The Balaban J connectivity index is 2.90. The molecule has 0 aliphatic carbocycles. The van der Waals surface area contributed by atoms with E-state index in [1.807, 2.05) is 19.9 Å². The number of hydrogen-bond donors (Lipinski definition) is 3. The molecular formula is C17H22F3N3O2. The maximum Gasteiger partial charge on any atom is 0.416 e. The van der Waals surface area contributed by atoms with Crippen molar-refractivity contribution in [3.05, 3.63) is 29.3 Å². The predicted octanol–water partition coefficient (Wildman–Crippen LogP) is 4.45. The molecule has 1 atom stereocenters. The molecule has 0 bridgehead atoms. The molecule has 0 fully saturated rings. The summed E-state index contributed by atoms with van der Waals surface area (Å²) in [5.74, 6) is 0.293. The minimum Gasteiger partial charge on any atom is -0.465 e. The Labute approximate surface area is 144 Å². The first-order valence-electron chi connectivity index (χ1n) is 7.98. The van der Waals surface area contributed by atoms with E-state index < -0.39 is 17.8 Å². The Bertz CT molecular complexity index is 625. The SMILES string of the molecule is CC(C)CC(CCCNC(=O)O)Nc1cc(C(F)(F)F)ccc1C#N. The highest BCUT2D eigenvalue weighted by Crippen LogP contribution is 2.32. The van der Waals surface area contributed by atoms with Crippen LogP contribution in [0, 0.1) is 17.2 Å². The summed E-state index contributed by atoms with van der Waals surface area (Å²) in [6.07, 6.45) is -3.80. The number of rotatable bonds is 8. The van der Waals surface area contributed by atoms with Crippen LogP contribution >= 0.6 is 0 Å². The van der Waals surface area contributed by atoms with E-state index in [0.717, 1.165) is 18.2 Å². The molecular weight excluding hydrogens is 335 g/mol. The molecule has 0 radical (unpaired) electrons. The van der Waals surface area contributed by atoms with Gasteiger partial charge in [-0.25, -0.2) is 4.79 Å². The van der Waals surface area contributed by atoms with E-state index in [0.29, 0.717) is 25.2 Å². The van der Waals surface area contributed by atoms with Crippen LogP contribution in [0.2, 0.25) is 0 Å². The number of amides is 1. The topological polar surface area (TPSA) is 85.2 Å². The summed E-state index contributed by atoms with van der Waals surface area (Å²) in [4.78, 5) is 10.5. The number of hydrogen-bond acceptors (Lipinski definition) is 3. The van der Waals surface area contributed by atoms with Gasteiger partial charge in [-0.15, -0.1) is 0 Å². The Morgan fingerprint density at radius 3 is 2.56 bits per heavy atom. The Morgan fingerprint density at radius 2 is 2.04 bits per heavy atom. The van der Waals surface area contributed by atoms with Gasteiger partial charge in [0.1, 0.15) is 6.07 Å². The van der Waals surface area contributed by atoms with Crippen LogP contribution in [0.25, 0.3) is 0 Å². The second-order valence-electron chi connectivity index (χ2n) is 6.21. The quantitative estimate of drug-likeness (QED) is 0.600. The first-order chi connectivity index (χ1) is 11.6. The largest absolute Gasteiger partial charge is 0.465 e. The van der Waals surface area contributed by atoms with Crippen LogP contribution in [-0.2, 0) is 6.18 Å². The second-order valence-corrected chi connectivity index (χ2v) is 6.21. The van der Waals surface area contributed by atoms with E-state index in [-0.39, 0.29) is 23.8 Å². The normalized spacial score (nSPS) is 12.5. The van der Waals surface area contributed by atoms with Crippen molar-refractivity contribution in [1.82, 2.24) is 5.32 Å². The number of carbonyl (C=O) groups is 1. The van der Waals surface area contributed by atoms with Crippen molar-refractivity contribution in [2.24, 2.45) is 5.92 Å². The maximum absolute atomic E-state index is 12.9. The van der Waals surface area contributed by atoms with Gasteiger partial charge in [-0.05, 0) is 43.4 Å². The molecule has 8 heteroatoms. The lowest BCUT2D eigenvalue weighted by atomic mass is 9.98. The summed E-state index contributed by atoms with van der Waals surface area (Å²) < 4.78 is 38.7. The number of nitrogens with one attached hydrogen (secondary N) is 2. The summed E-state index contributed by atoms with van der Waals surface area (Å²) in [5, 5.41) is 23.0. The van der Waals surface area contributed by atoms with E-state index in [2.05, 4.69) is 10.6 Å². The lowest BCUT2D eigenvalue weighted by molar-refractivity contribution is -0.137. The molecule has 0 saturated carbocycles. The van der Waals surface area contributed by atoms with Crippen LogP contribution in [0.15, 0.2) is 18.2 Å². The van der Waals surface area contributed by atoms with Crippen LogP contribution in [-0.4, -0.2) is 23.8 Å². The number of nitrogens with zero attached hydrogens (tertiary/aromatic N) is 1. The molecule has 1 unspecified atom stereocenters. The van der Waals surface area contributed by atoms with E-state index in [1.54, 1.807) is 0 Å². The molecule has 0 saturated heterocycles. The summed E-state index contributed by atoms with van der Waals surface area (Å²) >= 11 is 0. The Hall–Kier alpha value is -2.43. The third kappa shape index (κ3) is 7.33. The first kappa shape index (κ1) is 20.6. The molecule has 3 N–H and O–H groups in total. The zero-order chi connectivity index (χ0) is 19.0. The zero-order valence-electron chi connectivity index (χ0n) is 14.2. The fourth-order valence-corrected chi connectivity index (χ4v) is 2.52. The standard InChI is InChI=1S/C17H22F3N3O2/c1-11(2)8-14(4-3-7-22-16(24)25)23-15-9-13(17(18,19)20)6-5-12(15)10-21/h5-6,9,11,14,22-23H,3-4,7-8H2,1-2H3,(H,24,25). The number of benzene rings is 1. The van der Waals surface area contributed by atoms with Crippen LogP contribution in [0.3, 0.4) is 0 Å². The lowest BCUT2D eigenvalue weighted by Crippen LogP contribution is -2.26. The third-order valence-corrected chi connectivity index (χ3v) is 3.59. The zero-order valence-corrected chi connectivity index (χ0v) is 14.2. The minimum atomic E-state index is -4.48. The van der Waals surface area contributed by atoms with Gasteiger partial charge >= 0.3 is 12.3 Å². The van der Waals surface area contributed by atoms with Gasteiger partial charge in [-0.1, -0.05) is 13.8 Å². The molecule has 25 heavy (non-hydrogen) atoms. The highest BCUT2D eigenvalue weighted by atomic mass is 19.4. The van der Waals surface area contributed by atoms with Gasteiger partial charge in [-0.2, -0.15) is 18.4 Å². The minimum absolute atomic E-state index is 0.144. The molecule has 0 aromatic heterocycles. The van der Waals surface area contributed by atoms with Crippen LogP contribution in [0.4, 0.5) is 23.7 Å². The Kier molecular flexibility index (Phi) is 7.55. The molecule has 0 aliphatic heterocycles. The molecule has 1 rings (SSSR count). The van der Waals surface area contributed by atoms with Gasteiger partial charge < -0.3 is 15.7 Å². The molecule has 0 heterocycles. The monoisotopic (exact) mass is 357 g/mol. The summed E-state index contributed by atoms with van der Waals surface area (Å²) in [5.41, 5.74) is -0.524. The second kappa shape index (κ2) is 9.16. The van der Waals surface area contributed by atoms with Crippen molar-refractivity contribution < 1.29 is 23.1 Å². The van der Waals surface area contributed by atoms with Crippen LogP contribution in [0.1, 0.15) is 44.2 Å². The molecule has 0 spiro atoms. The number of anilines is 1. The van der Waals surface area contributed by atoms with Gasteiger partial charge in [0.05, 0.1) is 16.8 Å². The van der Waals surface area contributed by atoms with Crippen molar-refractivity contribution in [1.29, 1.82) is 5.26 Å². The first-order valence-corrected chi connectivity index (χ1v) is 7.98. The van der Waals surface area contributed by atoms with Gasteiger partial charge in [0, 0.05) is 12.6 Å². The average molecular weight is 357 g/mol. The van der Waals surface area contributed by atoms with E-state index >= 15 is 0 Å². The number of carboxylic acid groups (broad SMARTS) is 1. The maximum atomic E-state index is 12.9. The van der Waals surface area contributed by atoms with Crippen molar-refractivity contribution >= 4 is 11.8 Å². The van der Waals surface area contributed by atoms with Crippen molar-refractivity contribution in [2.75, 3.05) is 11.9 Å². The van der Waals surface area contributed by atoms with Gasteiger partial charge in [0.25, 0.3) is 0 Å². The van der Waals surface area contributed by atoms with Crippen LogP contribution < -0.4 is 10.6 Å². The van der Waals surface area contributed by atoms with Crippen molar-refractivity contribution in [2.45, 2.75) is 45.3 Å². The predicted molar refractivity (Wildman–Crippen MR) is 88.3 cm³/mol. The number of halogens is 3. The van der Waals surface area contributed by atoms with Crippen LogP contribution in [0.5, 0.6) is 0 Å². The summed E-state index contributed by atoms with van der Waals surface area (Å²) in [6, 6.07) is 4.72. The van der Waals surface area contributed by atoms with Gasteiger partial charge in [-0.3, -0.25) is 0 Å². The molecule has 1 aromatic carbocycles. The van der Waals surface area contributed by atoms with E-state index in [4.69, 9.17) is 10.4 Å². The number of nitriles is 1. The van der Waals surface area contributed by atoms with E-state index in [9.17, 15) is 18.0 Å². The highest BCUT2D eigenvalue weighted by Gasteiger charge is 2.31. The fourth-order valence-electron chi connectivity index (χ4n) is 2.52. The molecule has 0 aliphatic rings. The highest BCUT2D eigenvalue weighted by molar-refractivity contribution is 5.64. The van der Waals surface area contributed by atoms with E-state index in [1.165, 1.54) is 0 Å². The third-order valence-electron chi connectivity index (χ3n) is 3.59. The smallest absolute Gasteiger partial charge is 0.416 e. The van der Waals surface area contributed by atoms with Crippen molar-refractivity contribution in [3.8, 4) is 6.07 Å². The molecule has 1 aromatic rings. The summed E-state index contributed by atoms with van der Waals surface area (Å²) in [7, 11) is 0. The summed E-state index contributed by atoms with van der Waals surface area (Å²) in [6.45, 7) is 4.24.